The van der Waals surface area contributed by atoms with Crippen LogP contribution in [-0.4, -0.2) is 56.5 Å². The normalized spacial score (nSPS) is 12.6. The summed E-state index contributed by atoms with van der Waals surface area (Å²) in [6, 6.07) is 11.7. The second-order valence-electron chi connectivity index (χ2n) is 6.53. The Morgan fingerprint density at radius 2 is 2.03 bits per heavy atom. The lowest BCUT2D eigenvalue weighted by Gasteiger charge is -2.23. The van der Waals surface area contributed by atoms with Gasteiger partial charge >= 0.3 is 0 Å². The molecular formula is C20H20FN5O3S. The molecule has 0 atom stereocenters. The van der Waals surface area contributed by atoms with E-state index in [1.807, 2.05) is 25.1 Å². The van der Waals surface area contributed by atoms with Crippen LogP contribution in [0.25, 0.3) is 5.69 Å². The van der Waals surface area contributed by atoms with E-state index in [0.29, 0.717) is 42.9 Å². The number of tetrazole rings is 1. The number of rotatable bonds is 7. The molecule has 156 valence electrons. The summed E-state index contributed by atoms with van der Waals surface area (Å²) in [5, 5.41) is 11.9. The van der Waals surface area contributed by atoms with Crippen LogP contribution in [0.15, 0.2) is 47.6 Å². The number of hydrogen-bond donors (Lipinski definition) is 0. The third kappa shape index (κ3) is 4.54. The molecule has 10 heteroatoms. The van der Waals surface area contributed by atoms with E-state index < -0.39 is 0 Å². The van der Waals surface area contributed by atoms with Gasteiger partial charge in [0, 0.05) is 13.1 Å². The lowest BCUT2D eigenvalue weighted by atomic mass is 10.2. The summed E-state index contributed by atoms with van der Waals surface area (Å²) in [4.78, 5) is 14.5. The van der Waals surface area contributed by atoms with Gasteiger partial charge in [-0.05, 0) is 53.2 Å². The minimum atomic E-state index is -0.383. The zero-order chi connectivity index (χ0) is 20.9. The highest BCUT2D eigenvalue weighted by Gasteiger charge is 2.18. The molecule has 0 spiro atoms. The topological polar surface area (TPSA) is 82.4 Å². The predicted molar refractivity (Wildman–Crippen MR) is 108 cm³/mol. The van der Waals surface area contributed by atoms with Crippen LogP contribution in [0, 0.1) is 5.82 Å². The fraction of sp³-hybridized carbons (Fsp3) is 0.300. The van der Waals surface area contributed by atoms with Crippen LogP contribution >= 0.6 is 11.8 Å². The number of halogens is 1. The third-order valence-corrected chi connectivity index (χ3v) is 5.44. The van der Waals surface area contributed by atoms with E-state index in [0.717, 1.165) is 11.3 Å². The SMILES string of the molecule is CCN(Cc1ccc2c(c1)OCCO2)C(=O)CSc1nnnn1-c1cccc(F)c1. The predicted octanol–water partition coefficient (Wildman–Crippen LogP) is 2.71. The van der Waals surface area contributed by atoms with Crippen molar-refractivity contribution in [3.8, 4) is 17.2 Å². The van der Waals surface area contributed by atoms with Crippen LogP contribution in [0.1, 0.15) is 12.5 Å². The summed E-state index contributed by atoms with van der Waals surface area (Å²) in [6.45, 7) is 4.00. The Hall–Kier alpha value is -3.14. The van der Waals surface area contributed by atoms with Crippen molar-refractivity contribution in [3.63, 3.8) is 0 Å². The number of ether oxygens (including phenoxy) is 2. The largest absolute Gasteiger partial charge is 0.486 e. The van der Waals surface area contributed by atoms with Gasteiger partial charge in [0.1, 0.15) is 19.0 Å². The molecule has 2 aromatic carbocycles. The molecule has 0 N–H and O–H groups in total. The standard InChI is InChI=1S/C20H20FN5O3S/c1-2-25(12-14-6-7-17-18(10-14)29-9-8-28-17)19(27)13-30-20-22-23-24-26(20)16-5-3-4-15(21)11-16/h3-7,10-11H,2,8-9,12-13H2,1H3. The van der Waals surface area contributed by atoms with Gasteiger partial charge in [0.25, 0.3) is 0 Å². The molecular weight excluding hydrogens is 409 g/mol. The molecule has 0 saturated carbocycles. The summed E-state index contributed by atoms with van der Waals surface area (Å²) in [5.41, 5.74) is 1.46. The average molecular weight is 429 g/mol. The van der Waals surface area contributed by atoms with Gasteiger partial charge in [0.15, 0.2) is 11.5 Å². The van der Waals surface area contributed by atoms with Crippen LogP contribution in [-0.2, 0) is 11.3 Å². The number of nitrogens with zero attached hydrogens (tertiary/aromatic N) is 5. The summed E-state index contributed by atoms with van der Waals surface area (Å²) < 4.78 is 26.1. The number of carbonyl (C=O) groups is 1. The molecule has 0 aliphatic carbocycles. The molecule has 1 aliphatic heterocycles. The Balaban J connectivity index is 1.40. The van der Waals surface area contributed by atoms with Gasteiger partial charge in [-0.2, -0.15) is 4.68 Å². The lowest BCUT2D eigenvalue weighted by molar-refractivity contribution is -0.128. The molecule has 0 unspecified atom stereocenters. The van der Waals surface area contributed by atoms with Crippen molar-refractivity contribution in [2.75, 3.05) is 25.5 Å². The van der Waals surface area contributed by atoms with Crippen molar-refractivity contribution in [2.24, 2.45) is 0 Å². The fourth-order valence-electron chi connectivity index (χ4n) is 3.04. The molecule has 8 nitrogen and oxygen atoms in total. The molecule has 2 heterocycles. The highest BCUT2D eigenvalue weighted by atomic mass is 32.2. The number of hydrogen-bond acceptors (Lipinski definition) is 7. The van der Waals surface area contributed by atoms with E-state index in [1.165, 1.54) is 28.6 Å². The quantitative estimate of drug-likeness (QED) is 0.534. The molecule has 1 amide bonds. The van der Waals surface area contributed by atoms with E-state index >= 15 is 0 Å². The van der Waals surface area contributed by atoms with Crippen LogP contribution in [0.2, 0.25) is 0 Å². The first-order valence-corrected chi connectivity index (χ1v) is 10.5. The molecule has 30 heavy (non-hydrogen) atoms. The van der Waals surface area contributed by atoms with Crippen LogP contribution in [0.5, 0.6) is 11.5 Å². The maximum atomic E-state index is 13.5. The number of benzene rings is 2. The minimum Gasteiger partial charge on any atom is -0.486 e. The second-order valence-corrected chi connectivity index (χ2v) is 7.47. The van der Waals surface area contributed by atoms with E-state index in [2.05, 4.69) is 15.5 Å². The molecule has 0 radical (unpaired) electrons. The Morgan fingerprint density at radius 3 is 2.83 bits per heavy atom. The van der Waals surface area contributed by atoms with Crippen molar-refractivity contribution < 1.29 is 18.7 Å². The van der Waals surface area contributed by atoms with Crippen molar-refractivity contribution >= 4 is 17.7 Å². The summed E-state index contributed by atoms with van der Waals surface area (Å²) >= 11 is 1.21. The van der Waals surface area contributed by atoms with Gasteiger partial charge in [0.05, 0.1) is 11.4 Å². The smallest absolute Gasteiger partial charge is 0.233 e. The first kappa shape index (κ1) is 20.1. The summed E-state index contributed by atoms with van der Waals surface area (Å²) in [6.07, 6.45) is 0. The zero-order valence-electron chi connectivity index (χ0n) is 16.3. The van der Waals surface area contributed by atoms with E-state index in [-0.39, 0.29) is 17.5 Å². The molecule has 0 bridgehead atoms. The van der Waals surface area contributed by atoms with Crippen molar-refractivity contribution in [1.82, 2.24) is 25.1 Å². The van der Waals surface area contributed by atoms with Gasteiger partial charge in [-0.3, -0.25) is 4.79 Å². The maximum Gasteiger partial charge on any atom is 0.233 e. The van der Waals surface area contributed by atoms with E-state index in [1.54, 1.807) is 17.0 Å². The Kier molecular flexibility index (Phi) is 6.12. The summed E-state index contributed by atoms with van der Waals surface area (Å²) in [5.74, 6) is 1.15. The molecule has 3 aromatic rings. The third-order valence-electron chi connectivity index (χ3n) is 4.53. The Morgan fingerprint density at radius 1 is 1.20 bits per heavy atom. The number of amides is 1. The summed E-state index contributed by atoms with van der Waals surface area (Å²) in [7, 11) is 0. The molecule has 0 saturated heterocycles. The average Bonchev–Trinajstić information content (AvgIpc) is 3.24. The fourth-order valence-corrected chi connectivity index (χ4v) is 3.83. The highest BCUT2D eigenvalue weighted by molar-refractivity contribution is 7.99. The van der Waals surface area contributed by atoms with Gasteiger partial charge in [-0.1, -0.05) is 23.9 Å². The van der Waals surface area contributed by atoms with Crippen molar-refractivity contribution in [2.45, 2.75) is 18.6 Å². The van der Waals surface area contributed by atoms with Crippen LogP contribution < -0.4 is 9.47 Å². The van der Waals surface area contributed by atoms with Crippen molar-refractivity contribution in [3.05, 3.63) is 53.8 Å². The number of fused-ring (bicyclic) bond motifs is 1. The van der Waals surface area contributed by atoms with Gasteiger partial charge in [0.2, 0.25) is 11.1 Å². The zero-order valence-corrected chi connectivity index (χ0v) is 17.1. The van der Waals surface area contributed by atoms with Gasteiger partial charge in [-0.25, -0.2) is 4.39 Å². The van der Waals surface area contributed by atoms with Gasteiger partial charge in [-0.15, -0.1) is 5.10 Å². The first-order chi connectivity index (χ1) is 14.6. The Labute approximate surface area is 177 Å². The lowest BCUT2D eigenvalue weighted by Crippen LogP contribution is -2.31. The van der Waals surface area contributed by atoms with E-state index in [4.69, 9.17) is 9.47 Å². The second kappa shape index (κ2) is 9.12. The number of aromatic nitrogens is 4. The number of thioether (sulfide) groups is 1. The molecule has 4 rings (SSSR count). The maximum absolute atomic E-state index is 13.5. The molecule has 1 aromatic heterocycles. The van der Waals surface area contributed by atoms with Crippen LogP contribution in [0.3, 0.4) is 0 Å². The molecule has 1 aliphatic rings. The number of carbonyl (C=O) groups excluding carboxylic acids is 1. The minimum absolute atomic E-state index is 0.0498. The molecule has 0 fully saturated rings. The first-order valence-electron chi connectivity index (χ1n) is 9.47. The Bertz CT molecular complexity index is 1040. The van der Waals surface area contributed by atoms with Crippen molar-refractivity contribution in [1.29, 1.82) is 0 Å². The monoisotopic (exact) mass is 429 g/mol. The highest BCUT2D eigenvalue weighted by Crippen LogP contribution is 2.31. The van der Waals surface area contributed by atoms with E-state index in [9.17, 15) is 9.18 Å². The van der Waals surface area contributed by atoms with Gasteiger partial charge < -0.3 is 14.4 Å². The van der Waals surface area contributed by atoms with Crippen LogP contribution in [0.4, 0.5) is 4.39 Å².